The van der Waals surface area contributed by atoms with Crippen LogP contribution in [-0.4, -0.2) is 30.6 Å². The molecular weight excluding hydrogens is 228 g/mol. The number of hydrogen-bond donors (Lipinski definition) is 1. The molecule has 0 spiro atoms. The third kappa shape index (κ3) is 3.54. The maximum absolute atomic E-state index is 3.56. The van der Waals surface area contributed by atoms with E-state index in [9.17, 15) is 0 Å². The largest absolute Gasteiger partial charge is 0.314 e. The first kappa shape index (κ1) is 13.1. The number of nitrogens with one attached hydrogen (secondary N) is 1. The number of rotatable bonds is 5. The molecule has 2 rings (SSSR count). The summed E-state index contributed by atoms with van der Waals surface area (Å²) in [7, 11) is 0. The van der Waals surface area contributed by atoms with Crippen LogP contribution in [0.5, 0.6) is 0 Å². The Morgan fingerprint density at radius 3 is 2.76 bits per heavy atom. The van der Waals surface area contributed by atoms with E-state index in [1.165, 1.54) is 38.9 Å². The molecule has 1 aromatic heterocycles. The smallest absolute Gasteiger partial charge is 0.0330 e. The summed E-state index contributed by atoms with van der Waals surface area (Å²) in [6.07, 6.45) is 3.79. The van der Waals surface area contributed by atoms with Crippen LogP contribution < -0.4 is 5.32 Å². The van der Waals surface area contributed by atoms with Crippen LogP contribution in [0.1, 0.15) is 37.1 Å². The topological polar surface area (TPSA) is 15.3 Å². The van der Waals surface area contributed by atoms with Gasteiger partial charge in [0.2, 0.25) is 0 Å². The Hall–Kier alpha value is -0.380. The van der Waals surface area contributed by atoms with Crippen LogP contribution in [0.25, 0.3) is 0 Å². The van der Waals surface area contributed by atoms with Crippen LogP contribution in [0.3, 0.4) is 0 Å². The first-order valence-corrected chi connectivity index (χ1v) is 7.72. The van der Waals surface area contributed by atoms with E-state index in [0.29, 0.717) is 0 Å². The molecule has 0 unspecified atom stereocenters. The Balaban J connectivity index is 1.82. The molecule has 1 fully saturated rings. The summed E-state index contributed by atoms with van der Waals surface area (Å²) in [6.45, 7) is 9.22. The summed E-state index contributed by atoms with van der Waals surface area (Å²) in [6, 6.07) is 3.04. The highest BCUT2D eigenvalue weighted by molar-refractivity contribution is 7.10. The SMILES string of the molecule is CCNC1CCN(Cc2sccc2CC)CC1. The predicted octanol–water partition coefficient (Wildman–Crippen LogP) is 2.88. The zero-order valence-corrected chi connectivity index (χ0v) is 11.9. The van der Waals surface area contributed by atoms with E-state index in [2.05, 4.69) is 35.5 Å². The number of hydrogen-bond acceptors (Lipinski definition) is 3. The molecule has 17 heavy (non-hydrogen) atoms. The molecule has 0 radical (unpaired) electrons. The molecule has 1 aliphatic rings. The molecule has 0 bridgehead atoms. The first-order chi connectivity index (χ1) is 8.33. The van der Waals surface area contributed by atoms with Crippen molar-refractivity contribution in [3.8, 4) is 0 Å². The number of aryl methyl sites for hydroxylation is 1. The monoisotopic (exact) mass is 252 g/mol. The van der Waals surface area contributed by atoms with Gasteiger partial charge in [-0.15, -0.1) is 11.3 Å². The van der Waals surface area contributed by atoms with Gasteiger partial charge in [0.1, 0.15) is 0 Å². The van der Waals surface area contributed by atoms with Gasteiger partial charge in [-0.25, -0.2) is 0 Å². The zero-order chi connectivity index (χ0) is 12.1. The molecule has 0 saturated carbocycles. The third-order valence-electron chi connectivity index (χ3n) is 3.67. The minimum Gasteiger partial charge on any atom is -0.314 e. The number of nitrogens with zero attached hydrogens (tertiary/aromatic N) is 1. The highest BCUT2D eigenvalue weighted by Gasteiger charge is 2.19. The van der Waals surface area contributed by atoms with Crippen molar-refractivity contribution in [3.63, 3.8) is 0 Å². The predicted molar refractivity (Wildman–Crippen MR) is 75.7 cm³/mol. The molecule has 0 aromatic carbocycles. The Bertz CT molecular complexity index is 327. The number of piperidine rings is 1. The van der Waals surface area contributed by atoms with E-state index in [0.717, 1.165) is 12.6 Å². The number of likely N-dealkylation sites (tertiary alicyclic amines) is 1. The fraction of sp³-hybridized carbons (Fsp3) is 0.714. The van der Waals surface area contributed by atoms with Crippen LogP contribution in [0.4, 0.5) is 0 Å². The van der Waals surface area contributed by atoms with Gasteiger partial charge >= 0.3 is 0 Å². The summed E-state index contributed by atoms with van der Waals surface area (Å²) in [5.74, 6) is 0. The lowest BCUT2D eigenvalue weighted by Crippen LogP contribution is -2.42. The van der Waals surface area contributed by atoms with Crippen LogP contribution in [0.15, 0.2) is 11.4 Å². The molecule has 2 nitrogen and oxygen atoms in total. The van der Waals surface area contributed by atoms with Crippen molar-refractivity contribution in [3.05, 3.63) is 21.9 Å². The Morgan fingerprint density at radius 1 is 1.35 bits per heavy atom. The number of thiophene rings is 1. The van der Waals surface area contributed by atoms with E-state index in [1.807, 2.05) is 11.3 Å². The fourth-order valence-electron chi connectivity index (χ4n) is 2.61. The first-order valence-electron chi connectivity index (χ1n) is 6.84. The Morgan fingerprint density at radius 2 is 2.12 bits per heavy atom. The molecule has 0 atom stereocenters. The van der Waals surface area contributed by atoms with Gasteiger partial charge in [-0.3, -0.25) is 4.90 Å². The van der Waals surface area contributed by atoms with Crippen LogP contribution in [0, 0.1) is 0 Å². The highest BCUT2D eigenvalue weighted by Crippen LogP contribution is 2.21. The molecule has 0 amide bonds. The third-order valence-corrected chi connectivity index (χ3v) is 4.61. The van der Waals surface area contributed by atoms with Crippen LogP contribution in [0.2, 0.25) is 0 Å². The van der Waals surface area contributed by atoms with Crippen molar-refractivity contribution in [2.45, 2.75) is 45.7 Å². The molecule has 1 aromatic rings. The van der Waals surface area contributed by atoms with Crippen molar-refractivity contribution in [1.82, 2.24) is 10.2 Å². The van der Waals surface area contributed by atoms with Gasteiger partial charge in [0.15, 0.2) is 0 Å². The van der Waals surface area contributed by atoms with Gasteiger partial charge < -0.3 is 5.32 Å². The molecule has 1 saturated heterocycles. The summed E-state index contributed by atoms with van der Waals surface area (Å²) < 4.78 is 0. The maximum Gasteiger partial charge on any atom is 0.0330 e. The average Bonchev–Trinajstić information content (AvgIpc) is 2.79. The summed E-state index contributed by atoms with van der Waals surface area (Å²) in [5.41, 5.74) is 1.55. The normalized spacial score (nSPS) is 18.7. The van der Waals surface area contributed by atoms with Gasteiger partial charge in [-0.2, -0.15) is 0 Å². The quantitative estimate of drug-likeness (QED) is 0.867. The van der Waals surface area contributed by atoms with E-state index in [-0.39, 0.29) is 0 Å². The van der Waals surface area contributed by atoms with E-state index < -0.39 is 0 Å². The Labute approximate surface area is 109 Å². The average molecular weight is 252 g/mol. The minimum atomic E-state index is 0.755. The maximum atomic E-state index is 3.56. The van der Waals surface area contributed by atoms with Crippen LogP contribution >= 0.6 is 11.3 Å². The van der Waals surface area contributed by atoms with Crippen molar-refractivity contribution < 1.29 is 0 Å². The standard InChI is InChI=1S/C14H24N2S/c1-3-12-7-10-17-14(12)11-16-8-5-13(6-9-16)15-4-2/h7,10,13,15H,3-6,8-9,11H2,1-2H3. The molecule has 1 aliphatic heterocycles. The van der Waals surface area contributed by atoms with Crippen LogP contribution in [-0.2, 0) is 13.0 Å². The molecular formula is C14H24N2S. The minimum absolute atomic E-state index is 0.755. The lowest BCUT2D eigenvalue weighted by Gasteiger charge is -2.32. The molecule has 3 heteroatoms. The second-order valence-corrected chi connectivity index (χ2v) is 5.83. The fourth-order valence-corrected chi connectivity index (χ4v) is 3.63. The van der Waals surface area contributed by atoms with Gasteiger partial charge in [0.25, 0.3) is 0 Å². The van der Waals surface area contributed by atoms with E-state index >= 15 is 0 Å². The highest BCUT2D eigenvalue weighted by atomic mass is 32.1. The van der Waals surface area contributed by atoms with Gasteiger partial charge in [0.05, 0.1) is 0 Å². The second kappa shape index (κ2) is 6.53. The lowest BCUT2D eigenvalue weighted by atomic mass is 10.0. The van der Waals surface area contributed by atoms with E-state index in [4.69, 9.17) is 0 Å². The van der Waals surface area contributed by atoms with E-state index in [1.54, 1.807) is 10.4 Å². The Kier molecular flexibility index (Phi) is 5.01. The second-order valence-electron chi connectivity index (χ2n) is 4.83. The van der Waals surface area contributed by atoms with Crippen molar-refractivity contribution in [2.75, 3.05) is 19.6 Å². The zero-order valence-electron chi connectivity index (χ0n) is 11.0. The van der Waals surface area contributed by atoms with Crippen molar-refractivity contribution in [2.24, 2.45) is 0 Å². The lowest BCUT2D eigenvalue weighted by molar-refractivity contribution is 0.193. The van der Waals surface area contributed by atoms with Crippen molar-refractivity contribution in [1.29, 1.82) is 0 Å². The molecule has 0 aliphatic carbocycles. The van der Waals surface area contributed by atoms with Crippen molar-refractivity contribution >= 4 is 11.3 Å². The van der Waals surface area contributed by atoms with Gasteiger partial charge in [-0.05, 0) is 55.9 Å². The molecule has 96 valence electrons. The molecule has 2 heterocycles. The molecule has 1 N–H and O–H groups in total. The van der Waals surface area contributed by atoms with Gasteiger partial charge in [0, 0.05) is 17.5 Å². The summed E-state index contributed by atoms with van der Waals surface area (Å²) in [5, 5.41) is 5.80. The summed E-state index contributed by atoms with van der Waals surface area (Å²) in [4.78, 5) is 4.19. The van der Waals surface area contributed by atoms with Gasteiger partial charge in [-0.1, -0.05) is 13.8 Å². The summed E-state index contributed by atoms with van der Waals surface area (Å²) >= 11 is 1.92.